The van der Waals surface area contributed by atoms with E-state index in [0.29, 0.717) is 10.5 Å². The van der Waals surface area contributed by atoms with E-state index in [0.717, 1.165) is 21.7 Å². The molecule has 5 heteroatoms. The quantitative estimate of drug-likeness (QED) is 0.587. The van der Waals surface area contributed by atoms with Gasteiger partial charge in [-0.05, 0) is 48.4 Å². The second-order valence-electron chi connectivity index (χ2n) is 6.79. The first-order chi connectivity index (χ1) is 14.1. The first kappa shape index (κ1) is 19.0. The Balaban J connectivity index is 1.46. The van der Waals surface area contributed by atoms with Gasteiger partial charge in [-0.15, -0.1) is 0 Å². The molecule has 1 aliphatic heterocycles. The number of rotatable bonds is 4. The summed E-state index contributed by atoms with van der Waals surface area (Å²) in [6.45, 7) is 1.96. The van der Waals surface area contributed by atoms with Gasteiger partial charge in [0.2, 0.25) is 0 Å². The molecule has 0 spiro atoms. The van der Waals surface area contributed by atoms with Gasteiger partial charge < -0.3 is 10.6 Å². The summed E-state index contributed by atoms with van der Waals surface area (Å²) in [6, 6.07) is 24.7. The second-order valence-corrected chi connectivity index (χ2v) is 7.87. The van der Waals surface area contributed by atoms with Gasteiger partial charge in [0, 0.05) is 10.5 Å². The van der Waals surface area contributed by atoms with E-state index in [2.05, 4.69) is 10.6 Å². The lowest BCUT2D eigenvalue weighted by Gasteiger charge is -2.18. The Bertz CT molecular complexity index is 1080. The molecule has 1 heterocycles. The Morgan fingerprint density at radius 2 is 1.66 bits per heavy atom. The van der Waals surface area contributed by atoms with Crippen molar-refractivity contribution in [1.29, 1.82) is 0 Å². The van der Waals surface area contributed by atoms with Crippen molar-refractivity contribution in [2.45, 2.75) is 17.9 Å². The van der Waals surface area contributed by atoms with Crippen molar-refractivity contribution in [3.05, 3.63) is 100 Å². The van der Waals surface area contributed by atoms with Crippen molar-refractivity contribution >= 4 is 35.3 Å². The summed E-state index contributed by atoms with van der Waals surface area (Å²) in [5.74, 6) is -0.244. The maximum atomic E-state index is 12.5. The number of fused-ring (bicyclic) bond motifs is 1. The highest BCUT2D eigenvalue weighted by molar-refractivity contribution is 8.04. The average Bonchev–Trinajstić information content (AvgIpc) is 2.75. The smallest absolute Gasteiger partial charge is 0.262 e. The summed E-state index contributed by atoms with van der Waals surface area (Å²) < 4.78 is 0. The van der Waals surface area contributed by atoms with E-state index in [1.807, 2.05) is 79.7 Å². The summed E-state index contributed by atoms with van der Waals surface area (Å²) in [5, 5.41) is 5.91. The summed E-state index contributed by atoms with van der Waals surface area (Å²) >= 11 is 1.45. The van der Waals surface area contributed by atoms with Gasteiger partial charge in [0.25, 0.3) is 11.8 Å². The van der Waals surface area contributed by atoms with Crippen molar-refractivity contribution in [2.75, 3.05) is 5.32 Å². The van der Waals surface area contributed by atoms with Crippen LogP contribution in [-0.2, 0) is 4.79 Å². The van der Waals surface area contributed by atoms with E-state index in [9.17, 15) is 9.59 Å². The first-order valence-electron chi connectivity index (χ1n) is 9.36. The van der Waals surface area contributed by atoms with E-state index in [1.54, 1.807) is 12.1 Å². The lowest BCUT2D eigenvalue weighted by molar-refractivity contribution is -0.112. The SMILES string of the molecule is CC(NC(=O)c1ccc(C=C2Sc3ccccc3NC2=O)cc1)c1ccccc1. The molecule has 0 radical (unpaired) electrons. The Hall–Kier alpha value is -3.31. The van der Waals surface area contributed by atoms with Crippen LogP contribution in [0.25, 0.3) is 6.08 Å². The Morgan fingerprint density at radius 1 is 0.966 bits per heavy atom. The van der Waals surface area contributed by atoms with Crippen LogP contribution in [0.15, 0.2) is 88.7 Å². The molecule has 1 unspecified atom stereocenters. The largest absolute Gasteiger partial charge is 0.346 e. The summed E-state index contributed by atoms with van der Waals surface area (Å²) in [6.07, 6.45) is 1.84. The fourth-order valence-electron chi connectivity index (χ4n) is 3.09. The number of hydrogen-bond donors (Lipinski definition) is 2. The molecule has 4 rings (SSSR count). The number of thioether (sulfide) groups is 1. The zero-order valence-electron chi connectivity index (χ0n) is 15.9. The van der Waals surface area contributed by atoms with Crippen LogP contribution < -0.4 is 10.6 Å². The monoisotopic (exact) mass is 400 g/mol. The summed E-state index contributed by atoms with van der Waals surface area (Å²) in [4.78, 5) is 26.5. The van der Waals surface area contributed by atoms with E-state index in [-0.39, 0.29) is 17.9 Å². The van der Waals surface area contributed by atoms with Gasteiger partial charge in [-0.25, -0.2) is 0 Å². The van der Waals surface area contributed by atoms with Gasteiger partial charge in [0.1, 0.15) is 0 Å². The van der Waals surface area contributed by atoms with E-state index >= 15 is 0 Å². The molecular formula is C24H20N2O2S. The van der Waals surface area contributed by atoms with Crippen molar-refractivity contribution < 1.29 is 9.59 Å². The van der Waals surface area contributed by atoms with Crippen molar-refractivity contribution in [2.24, 2.45) is 0 Å². The maximum absolute atomic E-state index is 12.5. The molecule has 3 aromatic carbocycles. The summed E-state index contributed by atoms with van der Waals surface area (Å²) in [7, 11) is 0. The molecule has 2 N–H and O–H groups in total. The normalized spacial score (nSPS) is 15.3. The van der Waals surface area contributed by atoms with Gasteiger partial charge in [-0.1, -0.05) is 66.4 Å². The van der Waals surface area contributed by atoms with Crippen LogP contribution in [0.2, 0.25) is 0 Å². The van der Waals surface area contributed by atoms with E-state index in [4.69, 9.17) is 0 Å². The number of benzene rings is 3. The number of para-hydroxylation sites is 1. The van der Waals surface area contributed by atoms with Crippen LogP contribution in [0, 0.1) is 0 Å². The first-order valence-corrected chi connectivity index (χ1v) is 10.2. The highest BCUT2D eigenvalue weighted by Gasteiger charge is 2.20. The van der Waals surface area contributed by atoms with Crippen LogP contribution in [0.5, 0.6) is 0 Å². The molecule has 144 valence electrons. The van der Waals surface area contributed by atoms with E-state index < -0.39 is 0 Å². The number of anilines is 1. The molecule has 0 aliphatic carbocycles. The van der Waals surface area contributed by atoms with Gasteiger partial charge >= 0.3 is 0 Å². The Kier molecular flexibility index (Phi) is 5.49. The predicted molar refractivity (Wildman–Crippen MR) is 118 cm³/mol. The van der Waals surface area contributed by atoms with Gasteiger partial charge in [-0.2, -0.15) is 0 Å². The molecule has 0 fully saturated rings. The molecule has 0 saturated carbocycles. The fraction of sp³-hybridized carbons (Fsp3) is 0.0833. The predicted octanol–water partition coefficient (Wildman–Crippen LogP) is 5.26. The van der Waals surface area contributed by atoms with Gasteiger partial charge in [0.15, 0.2) is 0 Å². The highest BCUT2D eigenvalue weighted by atomic mass is 32.2. The van der Waals surface area contributed by atoms with Crippen molar-refractivity contribution in [3.63, 3.8) is 0 Å². The lowest BCUT2D eigenvalue weighted by atomic mass is 10.1. The van der Waals surface area contributed by atoms with Crippen LogP contribution in [0.4, 0.5) is 5.69 Å². The topological polar surface area (TPSA) is 58.2 Å². The molecule has 1 atom stereocenters. The molecule has 1 aliphatic rings. The number of amides is 2. The van der Waals surface area contributed by atoms with Gasteiger partial charge in [0.05, 0.1) is 16.6 Å². The van der Waals surface area contributed by atoms with Crippen molar-refractivity contribution in [3.8, 4) is 0 Å². The maximum Gasteiger partial charge on any atom is 0.262 e. The third-order valence-electron chi connectivity index (χ3n) is 4.70. The zero-order valence-corrected chi connectivity index (χ0v) is 16.7. The van der Waals surface area contributed by atoms with Crippen LogP contribution in [0.3, 0.4) is 0 Å². The lowest BCUT2D eigenvalue weighted by Crippen LogP contribution is -2.26. The Morgan fingerprint density at radius 3 is 2.41 bits per heavy atom. The molecule has 0 aromatic heterocycles. The number of nitrogens with one attached hydrogen (secondary N) is 2. The zero-order chi connectivity index (χ0) is 20.2. The molecule has 29 heavy (non-hydrogen) atoms. The number of carbonyl (C=O) groups is 2. The van der Waals surface area contributed by atoms with Crippen LogP contribution in [0.1, 0.15) is 34.5 Å². The van der Waals surface area contributed by atoms with Crippen molar-refractivity contribution in [1.82, 2.24) is 5.32 Å². The number of hydrogen-bond acceptors (Lipinski definition) is 3. The van der Waals surface area contributed by atoms with Gasteiger partial charge in [-0.3, -0.25) is 9.59 Å². The minimum absolute atomic E-state index is 0.0760. The molecule has 2 amide bonds. The minimum atomic E-state index is -0.126. The fourth-order valence-corrected chi connectivity index (χ4v) is 4.04. The second kappa shape index (κ2) is 8.37. The minimum Gasteiger partial charge on any atom is -0.346 e. The Labute approximate surface area is 174 Å². The summed E-state index contributed by atoms with van der Waals surface area (Å²) in [5.41, 5.74) is 3.35. The number of carbonyl (C=O) groups excluding carboxylic acids is 2. The molecule has 0 bridgehead atoms. The molecule has 3 aromatic rings. The molecular weight excluding hydrogens is 380 g/mol. The van der Waals surface area contributed by atoms with E-state index in [1.165, 1.54) is 11.8 Å². The average molecular weight is 401 g/mol. The van der Waals surface area contributed by atoms with Crippen LogP contribution >= 0.6 is 11.8 Å². The third kappa shape index (κ3) is 4.41. The molecule has 0 saturated heterocycles. The van der Waals surface area contributed by atoms with Crippen LogP contribution in [-0.4, -0.2) is 11.8 Å². The molecule has 4 nitrogen and oxygen atoms in total. The standard InChI is InChI=1S/C24H20N2O2S/c1-16(18-7-3-2-4-8-18)25-23(27)19-13-11-17(12-14-19)15-22-24(28)26-20-9-5-6-10-21(20)29-22/h2-16H,1H3,(H,25,27)(H,26,28). The third-order valence-corrected chi connectivity index (χ3v) is 5.80. The highest BCUT2D eigenvalue weighted by Crippen LogP contribution is 2.38.